The van der Waals surface area contributed by atoms with E-state index in [1.165, 1.54) is 0 Å². The predicted octanol–water partition coefficient (Wildman–Crippen LogP) is 2.49. The summed E-state index contributed by atoms with van der Waals surface area (Å²) >= 11 is 0. The lowest BCUT2D eigenvalue weighted by atomic mass is 10.1. The maximum Gasteiger partial charge on any atom is 0.276 e. The number of hydrogen-bond donors (Lipinski definition) is 2. The number of carbonyl (C=O) groups is 2. The predicted molar refractivity (Wildman–Crippen MR) is 99.1 cm³/mol. The number of amides is 2. The van der Waals surface area contributed by atoms with Crippen molar-refractivity contribution in [2.24, 2.45) is 0 Å². The molecule has 0 aliphatic carbocycles. The molecule has 6 heteroatoms. The van der Waals surface area contributed by atoms with Gasteiger partial charge in [-0.05, 0) is 30.3 Å². The van der Waals surface area contributed by atoms with Crippen LogP contribution in [0.3, 0.4) is 0 Å². The minimum absolute atomic E-state index is 0.114. The fourth-order valence-corrected chi connectivity index (χ4v) is 2.37. The summed E-state index contributed by atoms with van der Waals surface area (Å²) < 4.78 is 1.61. The number of carbonyl (C=O) groups excluding carboxylic acids is 2. The van der Waals surface area contributed by atoms with Crippen LogP contribution < -0.4 is 10.6 Å². The summed E-state index contributed by atoms with van der Waals surface area (Å²) in [4.78, 5) is 24.7. The van der Waals surface area contributed by atoms with Crippen molar-refractivity contribution in [1.82, 2.24) is 15.1 Å². The van der Waals surface area contributed by atoms with Gasteiger partial charge in [-0.15, -0.1) is 6.42 Å². The Kier molecular flexibility index (Phi) is 5.11. The van der Waals surface area contributed by atoms with Gasteiger partial charge in [-0.1, -0.05) is 36.3 Å². The lowest BCUT2D eigenvalue weighted by molar-refractivity contribution is 0.0959. The molecule has 6 nitrogen and oxygen atoms in total. The van der Waals surface area contributed by atoms with Crippen LogP contribution in [0, 0.1) is 12.3 Å². The summed E-state index contributed by atoms with van der Waals surface area (Å²) in [7, 11) is 0. The Hall–Kier alpha value is -3.85. The third kappa shape index (κ3) is 3.79. The Bertz CT molecular complexity index is 971. The van der Waals surface area contributed by atoms with Crippen molar-refractivity contribution >= 4 is 17.5 Å². The Balaban J connectivity index is 1.78. The molecule has 3 aromatic rings. The summed E-state index contributed by atoms with van der Waals surface area (Å²) in [6, 6.07) is 17.8. The summed E-state index contributed by atoms with van der Waals surface area (Å²) in [6.45, 7) is 0.114. The molecule has 26 heavy (non-hydrogen) atoms. The van der Waals surface area contributed by atoms with Gasteiger partial charge >= 0.3 is 0 Å². The van der Waals surface area contributed by atoms with E-state index in [1.807, 2.05) is 30.3 Å². The largest absolute Gasteiger partial charge is 0.341 e. The fourth-order valence-electron chi connectivity index (χ4n) is 2.37. The Morgan fingerprint density at radius 3 is 2.50 bits per heavy atom. The van der Waals surface area contributed by atoms with E-state index in [1.54, 1.807) is 41.2 Å². The van der Waals surface area contributed by atoms with Gasteiger partial charge in [0.25, 0.3) is 11.8 Å². The van der Waals surface area contributed by atoms with E-state index in [2.05, 4.69) is 21.7 Å². The quantitative estimate of drug-likeness (QED) is 0.698. The zero-order chi connectivity index (χ0) is 18.4. The molecule has 0 saturated carbocycles. The van der Waals surface area contributed by atoms with Gasteiger partial charge in [-0.25, -0.2) is 4.68 Å². The van der Waals surface area contributed by atoms with Crippen LogP contribution in [0.25, 0.3) is 5.69 Å². The van der Waals surface area contributed by atoms with E-state index < -0.39 is 5.91 Å². The van der Waals surface area contributed by atoms with Gasteiger partial charge in [0.1, 0.15) is 0 Å². The smallest absolute Gasteiger partial charge is 0.276 e. The van der Waals surface area contributed by atoms with Crippen molar-refractivity contribution in [3.05, 3.63) is 78.1 Å². The lowest BCUT2D eigenvalue weighted by Crippen LogP contribution is -2.25. The molecule has 128 valence electrons. The first-order chi connectivity index (χ1) is 12.7. The van der Waals surface area contributed by atoms with Gasteiger partial charge < -0.3 is 10.6 Å². The second-order valence-corrected chi connectivity index (χ2v) is 5.37. The van der Waals surface area contributed by atoms with Crippen LogP contribution in [-0.2, 0) is 0 Å². The highest BCUT2D eigenvalue weighted by molar-refractivity contribution is 6.08. The molecule has 0 unspecified atom stereocenters. The minimum atomic E-state index is -0.406. The van der Waals surface area contributed by atoms with Crippen LogP contribution >= 0.6 is 0 Å². The first-order valence-corrected chi connectivity index (χ1v) is 7.92. The van der Waals surface area contributed by atoms with Crippen molar-refractivity contribution in [1.29, 1.82) is 0 Å². The van der Waals surface area contributed by atoms with Gasteiger partial charge in [0.05, 0.1) is 23.5 Å². The molecule has 0 aliphatic rings. The maximum absolute atomic E-state index is 12.5. The average Bonchev–Trinajstić information content (AvgIpc) is 3.17. The van der Waals surface area contributed by atoms with Crippen molar-refractivity contribution in [2.75, 3.05) is 11.9 Å². The normalized spacial score (nSPS) is 9.96. The minimum Gasteiger partial charge on any atom is -0.341 e. The zero-order valence-electron chi connectivity index (χ0n) is 13.8. The molecule has 1 aromatic heterocycles. The summed E-state index contributed by atoms with van der Waals surface area (Å²) in [5.74, 6) is 1.58. The summed E-state index contributed by atoms with van der Waals surface area (Å²) in [5, 5.41) is 9.58. The number of terminal acetylenes is 1. The molecule has 2 amide bonds. The molecule has 0 fully saturated rings. The summed E-state index contributed by atoms with van der Waals surface area (Å²) in [6.07, 6.45) is 6.86. The van der Waals surface area contributed by atoms with E-state index in [9.17, 15) is 9.59 Å². The first kappa shape index (κ1) is 17.0. The topological polar surface area (TPSA) is 76.0 Å². The average molecular weight is 344 g/mol. The van der Waals surface area contributed by atoms with Gasteiger partial charge in [0.15, 0.2) is 5.69 Å². The second kappa shape index (κ2) is 7.81. The standard InChI is InChI=1S/C20H16N4O2/c1-2-13-21-19(25)16-10-6-7-11-17(16)22-20(26)18-12-14-24(23-18)15-8-4-3-5-9-15/h1,3-12,14H,13H2,(H,21,25)(H,22,26). The van der Waals surface area contributed by atoms with Crippen molar-refractivity contribution < 1.29 is 9.59 Å². The molecule has 1 heterocycles. The van der Waals surface area contributed by atoms with Crippen LogP contribution in [0.2, 0.25) is 0 Å². The van der Waals surface area contributed by atoms with Crippen LogP contribution in [0.1, 0.15) is 20.8 Å². The molecule has 0 saturated heterocycles. The van der Waals surface area contributed by atoms with Crippen molar-refractivity contribution in [3.63, 3.8) is 0 Å². The number of hydrogen-bond acceptors (Lipinski definition) is 3. The molecule has 0 aliphatic heterocycles. The number of para-hydroxylation sites is 2. The highest BCUT2D eigenvalue weighted by Crippen LogP contribution is 2.16. The monoisotopic (exact) mass is 344 g/mol. The highest BCUT2D eigenvalue weighted by atomic mass is 16.2. The third-order valence-corrected chi connectivity index (χ3v) is 3.61. The third-order valence-electron chi connectivity index (χ3n) is 3.61. The van der Waals surface area contributed by atoms with E-state index in [0.717, 1.165) is 5.69 Å². The Labute approximate surface area is 150 Å². The van der Waals surface area contributed by atoms with Crippen LogP contribution in [0.15, 0.2) is 66.9 Å². The fraction of sp³-hybridized carbons (Fsp3) is 0.0500. The molecule has 0 atom stereocenters. The maximum atomic E-state index is 12.5. The molecular formula is C20H16N4O2. The van der Waals surface area contributed by atoms with E-state index in [0.29, 0.717) is 11.3 Å². The molecule has 2 aromatic carbocycles. The highest BCUT2D eigenvalue weighted by Gasteiger charge is 2.15. The first-order valence-electron chi connectivity index (χ1n) is 7.92. The van der Waals surface area contributed by atoms with Crippen LogP contribution in [-0.4, -0.2) is 28.1 Å². The zero-order valence-corrected chi connectivity index (χ0v) is 13.8. The molecule has 0 radical (unpaired) electrons. The molecular weight excluding hydrogens is 328 g/mol. The number of nitrogens with one attached hydrogen (secondary N) is 2. The van der Waals surface area contributed by atoms with Gasteiger partial charge in [0.2, 0.25) is 0 Å². The van der Waals surface area contributed by atoms with Crippen molar-refractivity contribution in [2.45, 2.75) is 0 Å². The number of benzene rings is 2. The number of rotatable bonds is 5. The second-order valence-electron chi connectivity index (χ2n) is 5.37. The van der Waals surface area contributed by atoms with Crippen LogP contribution in [0.5, 0.6) is 0 Å². The van der Waals surface area contributed by atoms with Gasteiger partial charge in [0, 0.05) is 6.20 Å². The molecule has 0 bridgehead atoms. The molecule has 3 rings (SSSR count). The van der Waals surface area contributed by atoms with Gasteiger partial charge in [-0.3, -0.25) is 9.59 Å². The van der Waals surface area contributed by atoms with E-state index >= 15 is 0 Å². The van der Waals surface area contributed by atoms with Crippen molar-refractivity contribution in [3.8, 4) is 18.0 Å². The summed E-state index contributed by atoms with van der Waals surface area (Å²) in [5.41, 5.74) is 1.81. The number of anilines is 1. The molecule has 0 spiro atoms. The Morgan fingerprint density at radius 1 is 1.00 bits per heavy atom. The van der Waals surface area contributed by atoms with Crippen LogP contribution in [0.4, 0.5) is 5.69 Å². The van der Waals surface area contributed by atoms with E-state index in [-0.39, 0.29) is 18.1 Å². The van der Waals surface area contributed by atoms with E-state index in [4.69, 9.17) is 6.42 Å². The number of aromatic nitrogens is 2. The lowest BCUT2D eigenvalue weighted by Gasteiger charge is -2.09. The number of nitrogens with zero attached hydrogens (tertiary/aromatic N) is 2. The Morgan fingerprint density at radius 2 is 1.73 bits per heavy atom. The SMILES string of the molecule is C#CCNC(=O)c1ccccc1NC(=O)c1ccn(-c2ccccc2)n1. The molecule has 2 N–H and O–H groups in total. The van der Waals surface area contributed by atoms with Gasteiger partial charge in [-0.2, -0.15) is 5.10 Å².